The molecule has 0 aliphatic heterocycles. The number of nitrogens with one attached hydrogen (secondary N) is 2. The van der Waals surface area contributed by atoms with Crippen molar-refractivity contribution in [3.05, 3.63) is 71.3 Å². The Bertz CT molecular complexity index is 891. The maximum absolute atomic E-state index is 4.68. The predicted octanol–water partition coefficient (Wildman–Crippen LogP) is 5.47. The van der Waals surface area contributed by atoms with Crippen molar-refractivity contribution in [1.82, 2.24) is 19.9 Å². The van der Waals surface area contributed by atoms with E-state index in [0.717, 1.165) is 24.2 Å². The highest BCUT2D eigenvalue weighted by Gasteiger charge is 2.27. The van der Waals surface area contributed by atoms with E-state index < -0.39 is 0 Å². The van der Waals surface area contributed by atoms with Gasteiger partial charge in [-0.3, -0.25) is 9.97 Å². The van der Waals surface area contributed by atoms with E-state index in [1.807, 2.05) is 18.6 Å². The van der Waals surface area contributed by atoms with Gasteiger partial charge in [-0.15, -0.1) is 0 Å². The average molecular weight is 379 g/mol. The molecule has 0 aliphatic carbocycles. The van der Waals surface area contributed by atoms with Crippen LogP contribution < -0.4 is 0 Å². The average Bonchev–Trinajstić information content (AvgIpc) is 3.26. The third kappa shape index (κ3) is 4.54. The van der Waals surface area contributed by atoms with Gasteiger partial charge in [0.25, 0.3) is 0 Å². The minimum atomic E-state index is -0.0333. The van der Waals surface area contributed by atoms with Crippen molar-refractivity contribution in [1.29, 1.82) is 0 Å². The molecule has 0 unspecified atom stereocenters. The Morgan fingerprint density at radius 3 is 2.18 bits per heavy atom. The van der Waals surface area contributed by atoms with Gasteiger partial charge in [0.2, 0.25) is 0 Å². The Labute approximate surface area is 169 Å². The van der Waals surface area contributed by atoms with E-state index in [1.54, 1.807) is 0 Å². The molecule has 0 aliphatic rings. The molecule has 3 rings (SSSR count). The summed E-state index contributed by atoms with van der Waals surface area (Å²) in [4.78, 5) is 16.0. The highest BCUT2D eigenvalue weighted by Crippen LogP contribution is 2.31. The molecule has 150 valence electrons. The van der Waals surface area contributed by atoms with Gasteiger partial charge >= 0.3 is 0 Å². The van der Waals surface area contributed by atoms with Crippen molar-refractivity contribution in [2.75, 3.05) is 0 Å². The number of rotatable bonds is 6. The lowest BCUT2D eigenvalue weighted by Gasteiger charge is -2.24. The number of H-pyrrole nitrogens is 2. The van der Waals surface area contributed by atoms with Crippen LogP contribution >= 0.6 is 0 Å². The molecular weight excluding hydrogens is 344 g/mol. The van der Waals surface area contributed by atoms with Gasteiger partial charge < -0.3 is 9.97 Å². The minimum absolute atomic E-state index is 0.0294. The first-order chi connectivity index (χ1) is 13.0. The molecule has 2 N–H and O–H groups in total. The van der Waals surface area contributed by atoms with Crippen LogP contribution in [-0.4, -0.2) is 19.9 Å². The monoisotopic (exact) mass is 378 g/mol. The van der Waals surface area contributed by atoms with Gasteiger partial charge in [0, 0.05) is 53.9 Å². The number of hydrogen-bond acceptors (Lipinski definition) is 2. The molecule has 0 saturated carbocycles. The molecule has 4 nitrogen and oxygen atoms in total. The minimum Gasteiger partial charge on any atom is -0.367 e. The fourth-order valence-electron chi connectivity index (χ4n) is 3.67. The van der Waals surface area contributed by atoms with Crippen molar-refractivity contribution in [2.24, 2.45) is 0 Å². The van der Waals surface area contributed by atoms with Crippen LogP contribution in [0.15, 0.2) is 43.1 Å². The Morgan fingerprint density at radius 1 is 0.857 bits per heavy atom. The summed E-state index contributed by atoms with van der Waals surface area (Å²) in [6.07, 6.45) is 11.9. The maximum Gasteiger partial charge on any atom is 0.0640 e. The summed E-state index contributed by atoms with van der Waals surface area (Å²) in [5, 5.41) is 0. The van der Waals surface area contributed by atoms with E-state index in [9.17, 15) is 0 Å². The van der Waals surface area contributed by atoms with E-state index in [4.69, 9.17) is 0 Å². The topological polar surface area (TPSA) is 57.4 Å². The molecule has 0 bridgehead atoms. The first kappa shape index (κ1) is 20.4. The third-order valence-corrected chi connectivity index (χ3v) is 5.59. The summed E-state index contributed by atoms with van der Waals surface area (Å²) in [5.74, 6) is 0. The molecule has 0 fully saturated rings. The summed E-state index contributed by atoms with van der Waals surface area (Å²) < 4.78 is 0. The van der Waals surface area contributed by atoms with Gasteiger partial charge in [0.15, 0.2) is 0 Å². The molecule has 4 heteroatoms. The zero-order chi connectivity index (χ0) is 20.6. The van der Waals surface area contributed by atoms with Crippen LogP contribution in [0.5, 0.6) is 0 Å². The fraction of sp³-hybridized carbons (Fsp3) is 0.500. The van der Waals surface area contributed by atoms with Crippen molar-refractivity contribution >= 4 is 0 Å². The number of nitrogens with zero attached hydrogens (tertiary/aromatic N) is 2. The van der Waals surface area contributed by atoms with Crippen LogP contribution in [0.25, 0.3) is 0 Å². The molecule has 0 atom stereocenters. The molecule has 3 aromatic heterocycles. The zero-order valence-corrected chi connectivity index (χ0v) is 18.4. The highest BCUT2D eigenvalue weighted by atomic mass is 14.8. The van der Waals surface area contributed by atoms with Crippen LogP contribution in [0.1, 0.15) is 76.7 Å². The summed E-state index contributed by atoms with van der Waals surface area (Å²) in [7, 11) is 0. The van der Waals surface area contributed by atoms with E-state index in [0.29, 0.717) is 0 Å². The molecular formula is C24H34N4. The molecule has 0 amide bonds. The number of aromatic nitrogens is 4. The highest BCUT2D eigenvalue weighted by molar-refractivity contribution is 5.29. The van der Waals surface area contributed by atoms with Gasteiger partial charge in [0.1, 0.15) is 0 Å². The standard InChI is InChI=1S/C24H34N4/c1-22(2,3)21-16-26-19(15-28-21)12-24(6,7)20-10-17(13-27-20)11-23(4,5)18-8-9-25-14-18/h8-10,13-16,25,27H,11-12H2,1-7H3. The lowest BCUT2D eigenvalue weighted by atomic mass is 9.80. The SMILES string of the molecule is CC(C)(C)c1cnc(CC(C)(C)c2cc(CC(C)(C)c3cc[nH]c3)c[nH]2)cn1. The number of aromatic amines is 2. The largest absolute Gasteiger partial charge is 0.367 e. The van der Waals surface area contributed by atoms with Crippen LogP contribution in [0.2, 0.25) is 0 Å². The van der Waals surface area contributed by atoms with Crippen LogP contribution in [0.4, 0.5) is 0 Å². The third-order valence-electron chi connectivity index (χ3n) is 5.59. The Kier molecular flexibility index (Phi) is 5.26. The Hall–Kier alpha value is -2.36. The van der Waals surface area contributed by atoms with Crippen molar-refractivity contribution in [3.63, 3.8) is 0 Å². The molecule has 28 heavy (non-hydrogen) atoms. The summed E-state index contributed by atoms with van der Waals surface area (Å²) in [6.45, 7) is 15.6. The van der Waals surface area contributed by atoms with Gasteiger partial charge in [-0.1, -0.05) is 48.5 Å². The summed E-state index contributed by atoms with van der Waals surface area (Å²) >= 11 is 0. The van der Waals surface area contributed by atoms with Gasteiger partial charge in [0.05, 0.1) is 11.4 Å². The lowest BCUT2D eigenvalue weighted by molar-refractivity contribution is 0.496. The molecule has 3 heterocycles. The van der Waals surface area contributed by atoms with Gasteiger partial charge in [-0.05, 0) is 35.1 Å². The van der Waals surface area contributed by atoms with E-state index in [-0.39, 0.29) is 16.2 Å². The smallest absolute Gasteiger partial charge is 0.0640 e. The van der Waals surface area contributed by atoms with Crippen molar-refractivity contribution in [3.8, 4) is 0 Å². The second-order valence-corrected chi connectivity index (χ2v) is 10.3. The molecule has 0 saturated heterocycles. The molecule has 0 spiro atoms. The van der Waals surface area contributed by atoms with Crippen molar-refractivity contribution < 1.29 is 0 Å². The zero-order valence-electron chi connectivity index (χ0n) is 18.4. The molecule has 0 aromatic carbocycles. The van der Waals surface area contributed by atoms with Crippen molar-refractivity contribution in [2.45, 2.75) is 77.6 Å². The quantitative estimate of drug-likeness (QED) is 0.597. The fourth-order valence-corrected chi connectivity index (χ4v) is 3.67. The summed E-state index contributed by atoms with van der Waals surface area (Å²) in [6, 6.07) is 4.47. The normalized spacial score (nSPS) is 13.1. The predicted molar refractivity (Wildman–Crippen MR) is 116 cm³/mol. The van der Waals surface area contributed by atoms with E-state index in [1.165, 1.54) is 16.8 Å². The Balaban J connectivity index is 1.72. The summed E-state index contributed by atoms with van der Waals surface area (Å²) in [5.41, 5.74) is 6.07. The van der Waals surface area contributed by atoms with Crippen LogP contribution in [0.3, 0.4) is 0 Å². The first-order valence-corrected chi connectivity index (χ1v) is 10.1. The lowest BCUT2D eigenvalue weighted by Crippen LogP contribution is -2.22. The Morgan fingerprint density at radius 2 is 1.61 bits per heavy atom. The first-order valence-electron chi connectivity index (χ1n) is 10.1. The second kappa shape index (κ2) is 7.23. The second-order valence-electron chi connectivity index (χ2n) is 10.3. The molecule has 0 radical (unpaired) electrons. The van der Waals surface area contributed by atoms with Gasteiger partial charge in [-0.25, -0.2) is 0 Å². The van der Waals surface area contributed by atoms with Crippen LogP contribution in [0, 0.1) is 0 Å². The van der Waals surface area contributed by atoms with Gasteiger partial charge in [-0.2, -0.15) is 0 Å². The number of hydrogen-bond donors (Lipinski definition) is 2. The van der Waals surface area contributed by atoms with E-state index >= 15 is 0 Å². The van der Waals surface area contributed by atoms with E-state index in [2.05, 4.69) is 92.9 Å². The molecule has 3 aromatic rings. The van der Waals surface area contributed by atoms with Crippen LogP contribution in [-0.2, 0) is 29.1 Å². The maximum atomic E-state index is 4.68.